The molecule has 6 radical (unpaired) electrons. The minimum absolute atomic E-state index is 0. The van der Waals surface area contributed by atoms with E-state index in [1.54, 1.807) is 301 Å². The van der Waals surface area contributed by atoms with Crippen LogP contribution in [0, 0.1) is 49.5 Å². The van der Waals surface area contributed by atoms with Crippen molar-refractivity contribution in [1.82, 2.24) is 0 Å². The molecule has 1 fully saturated rings. The molecule has 378 valence electrons. The van der Waals surface area contributed by atoms with Gasteiger partial charge in [-0.3, -0.25) is 0 Å². The third-order valence-corrected chi connectivity index (χ3v) is 28.2. The van der Waals surface area contributed by atoms with Gasteiger partial charge in [-0.15, -0.1) is 0 Å². The second kappa shape index (κ2) is 10.5. The molecule has 0 heterocycles. The van der Waals surface area contributed by atoms with E-state index in [-0.39, 0.29) is 43.1 Å². The predicted octanol–water partition coefficient (Wildman–Crippen LogP) is 18.7. The van der Waals surface area contributed by atoms with Gasteiger partial charge in [0.1, 0.15) is 0 Å². The van der Waals surface area contributed by atoms with Crippen LogP contribution in [0.1, 0.15) is 84.2 Å². The fraction of sp³-hybridized carbons (Fsp3) is 0.0843. The number of hydrogen-bond acceptors (Lipinski definition) is 0. The fourth-order valence-corrected chi connectivity index (χ4v) is 28.0. The Hall–Kier alpha value is -8.96. The topological polar surface area (TPSA) is 59.7 Å². The van der Waals surface area contributed by atoms with Crippen LogP contribution in [0.5, 0.6) is 0 Å². The van der Waals surface area contributed by atoms with Crippen molar-refractivity contribution in [2.75, 3.05) is 0 Å². The van der Waals surface area contributed by atoms with Crippen LogP contribution in [0.15, 0.2) is 91.0 Å². The molecule has 3 nitrogen and oxygen atoms in total. The summed E-state index contributed by atoms with van der Waals surface area (Å²) in [4.78, 5) is 0. The summed E-state index contributed by atoms with van der Waals surface area (Å²) in [5, 5.41) is 67.1. The van der Waals surface area contributed by atoms with Crippen LogP contribution >= 0.6 is 0 Å². The molecular formula is C83H21O3Re. The summed E-state index contributed by atoms with van der Waals surface area (Å²) < 4.78 is 22.5. The van der Waals surface area contributed by atoms with E-state index >= 15 is 0 Å². The minimum atomic E-state index is -0.455. The van der Waals surface area contributed by atoms with Crippen LogP contribution in [0.25, 0.3) is 215 Å². The third-order valence-electron chi connectivity index (χ3n) is 28.2. The zero-order valence-corrected chi connectivity index (χ0v) is 47.5. The molecule has 0 saturated heterocycles. The quantitative estimate of drug-likeness (QED) is 0.0937. The van der Waals surface area contributed by atoms with E-state index in [2.05, 4.69) is 111 Å². The molecule has 0 spiro atoms. The Bertz CT molecular complexity index is 7620. The molecule has 1 saturated carbocycles. The first kappa shape index (κ1) is 40.4. The third kappa shape index (κ3) is 2.59. The van der Waals surface area contributed by atoms with E-state index in [0.717, 1.165) is 12.8 Å². The molecule has 0 bridgehead atoms. The largest absolute Gasteiger partial charge is 0.0622 e. The van der Waals surface area contributed by atoms with Gasteiger partial charge < -0.3 is 0 Å². The molecule has 24 aromatic carbocycles. The first-order valence-electron chi connectivity index (χ1n) is 30.7. The van der Waals surface area contributed by atoms with Crippen LogP contribution in [-0.4, -0.2) is 0 Å². The smallest absolute Gasteiger partial charge is 0.0545 e. The summed E-state index contributed by atoms with van der Waals surface area (Å²) >= 11 is 0. The first-order valence-corrected chi connectivity index (χ1v) is 30.7. The normalized spacial score (nSPS) is 24.9. The van der Waals surface area contributed by atoms with E-state index < -0.39 is 5.41 Å². The molecule has 35 rings (SSSR count). The Balaban J connectivity index is 0.000000605. The van der Waals surface area contributed by atoms with Crippen LogP contribution in [-0.2, 0) is 63.5 Å². The number of hydrogen-bond donors (Lipinski definition) is 0. The van der Waals surface area contributed by atoms with Crippen molar-refractivity contribution >= 4 is 215 Å². The van der Waals surface area contributed by atoms with Gasteiger partial charge in [-0.1, -0.05) is 91.0 Å². The zero-order chi connectivity index (χ0) is 54.2. The van der Waals surface area contributed by atoms with Crippen molar-refractivity contribution in [1.29, 1.82) is 0 Å². The average molecular weight is 1250 g/mol. The van der Waals surface area contributed by atoms with Gasteiger partial charge in [0, 0.05) is 72.7 Å². The molecule has 0 aromatic heterocycles. The van der Waals surface area contributed by atoms with E-state index in [0.29, 0.717) is 0 Å². The Morgan fingerprint density at radius 1 is 0.253 bits per heavy atom. The Kier molecular flexibility index (Phi) is 4.88. The van der Waals surface area contributed by atoms with Crippen molar-refractivity contribution in [2.24, 2.45) is 0 Å². The molecule has 0 amide bonds. The summed E-state index contributed by atoms with van der Waals surface area (Å²) in [6.45, 7) is 13.5. The van der Waals surface area contributed by atoms with E-state index in [1.165, 1.54) is 16.7 Å². The Labute approximate surface area is 500 Å². The van der Waals surface area contributed by atoms with E-state index in [9.17, 15) is 0 Å². The van der Waals surface area contributed by atoms with Crippen molar-refractivity contribution in [3.8, 4) is 0 Å². The molecule has 5 atom stereocenters. The fourth-order valence-electron chi connectivity index (χ4n) is 28.0. The van der Waals surface area contributed by atoms with Gasteiger partial charge in [-0.2, -0.15) is 0 Å². The summed E-state index contributed by atoms with van der Waals surface area (Å²) in [7, 11) is 0. The van der Waals surface area contributed by atoms with Crippen molar-refractivity contribution in [3.63, 3.8) is 0 Å². The van der Waals surface area contributed by atoms with E-state index in [4.69, 9.17) is 14.0 Å². The van der Waals surface area contributed by atoms with Gasteiger partial charge in [0.2, 0.25) is 0 Å². The maximum Gasteiger partial charge on any atom is 0.0545 e. The van der Waals surface area contributed by atoms with Crippen LogP contribution in [0.3, 0.4) is 0 Å². The zero-order valence-electron chi connectivity index (χ0n) is 44.8. The maximum atomic E-state index is 7.50. The van der Waals surface area contributed by atoms with Crippen LogP contribution < -0.4 is 0 Å². The van der Waals surface area contributed by atoms with Gasteiger partial charge in [-0.25, -0.2) is 0 Å². The van der Waals surface area contributed by atoms with Crippen molar-refractivity contribution in [3.05, 3.63) is 213 Å². The van der Waals surface area contributed by atoms with E-state index in [1.807, 2.05) is 0 Å². The SMILES string of the molecule is [C-]#[O+].[C-]#[O+].[C-]#[O+].[Re].c1ccc(C[C@]23[C]4[C]5[C]6[C]7[C]4[C@]4(Cc8ccccc8)c8c2c2c9c3c3c%10c%11c(c%12c%13c%14c(c%15c%16c%17c(c4c4c8c8c2c2c%18c9c%10c9c%10c%11c%13c%11c%13c%14c%16c%14c%16c%17c4c4c8c2c2c(c9%18)c(c%10%11)c(c%13%14)c2c4%16)[C@]7%15c2ccccc2)[C@H]6%12)[C@H]53)cc1. The van der Waals surface area contributed by atoms with Crippen LogP contribution in [0.2, 0.25) is 0 Å². The maximum absolute atomic E-state index is 7.50. The van der Waals surface area contributed by atoms with Gasteiger partial charge in [0.25, 0.3) is 0 Å². The molecule has 24 aromatic rings. The van der Waals surface area contributed by atoms with Gasteiger partial charge in [-0.05, 0) is 301 Å². The van der Waals surface area contributed by atoms with Crippen LogP contribution in [0.4, 0.5) is 0 Å². The summed E-state index contributed by atoms with van der Waals surface area (Å²) in [5.74, 6) is 9.42. The first-order chi connectivity index (χ1) is 42.9. The molecule has 11 aliphatic rings. The predicted molar refractivity (Wildman–Crippen MR) is 338 cm³/mol. The molecule has 0 aliphatic heterocycles. The Morgan fingerprint density at radius 3 is 0.908 bits per heavy atom. The Morgan fingerprint density at radius 2 is 0.517 bits per heavy atom. The van der Waals surface area contributed by atoms with Crippen molar-refractivity contribution in [2.45, 2.75) is 40.9 Å². The summed E-state index contributed by atoms with van der Waals surface area (Å²) in [5.41, 5.74) is 20.9. The molecule has 0 unspecified atom stereocenters. The number of rotatable bonds is 5. The monoisotopic (exact) mass is 1250 g/mol. The minimum Gasteiger partial charge on any atom is -0.0622 e. The molecule has 11 aliphatic carbocycles. The van der Waals surface area contributed by atoms with Gasteiger partial charge >= 0.3 is 33.9 Å². The second-order valence-corrected chi connectivity index (χ2v) is 29.0. The van der Waals surface area contributed by atoms with Gasteiger partial charge in [0.05, 0.1) is 5.41 Å². The molecule has 4 heteroatoms. The standard InChI is InChI=1S/C80H21.3CO.Re/c1-4-10-18(11-5-1)16-78-69-59-49-43-29-27-22-21-23-25-26-24(21)32-34-28(22)30(29)44-46-45(43)57(59)66-68-58(46)60-50(44)48(34)52-38(32)42-36(26)41-40-35(25)39-37-31(23)33(27)47(49)51(37)61(69)63-53(39)54(40)64-65-55(41)56(42)67-62(52)70(60)80(20-14-8-3-9-15-20)75(67)73(65)79(72(64)71(63)78,77(74(66)78)76(68)80)17-19-12-6-2-7-13-19;3*1-2;/h1-15,57-58H,16-17H2;;;;/t57-,58+,78+,79+,80+;;;;/m0..../s1. The second-order valence-electron chi connectivity index (χ2n) is 29.0. The number of benzene rings is 18. The van der Waals surface area contributed by atoms with Crippen molar-refractivity contribution < 1.29 is 34.4 Å². The average Bonchev–Trinajstić information content (AvgIpc) is 1.38. The molecular weight excluding hydrogens is 1230 g/mol. The molecule has 87 heavy (non-hydrogen) atoms. The summed E-state index contributed by atoms with van der Waals surface area (Å²) in [6, 6.07) is 36.7. The summed E-state index contributed by atoms with van der Waals surface area (Å²) in [6.07, 6.45) is 2.00. The molecule has 0 N–H and O–H groups in total. The van der Waals surface area contributed by atoms with Gasteiger partial charge in [0.15, 0.2) is 0 Å².